The molecule has 6 rings (SSSR count). The summed E-state index contributed by atoms with van der Waals surface area (Å²) in [4.78, 5) is 0. The van der Waals surface area contributed by atoms with E-state index in [1.165, 1.54) is 44.2 Å². The number of fused-ring (bicyclic) bond motifs is 4. The highest BCUT2D eigenvalue weighted by Gasteiger charge is 2.52. The number of hydrogen-bond acceptors (Lipinski definition) is 2. The van der Waals surface area contributed by atoms with Gasteiger partial charge in [-0.3, -0.25) is 0 Å². The molecular formula is C31H31BO2. The molecule has 2 nitrogen and oxygen atoms in total. The third-order valence-electron chi connectivity index (χ3n) is 8.35. The largest absolute Gasteiger partial charge is 0.496 e. The maximum absolute atomic E-state index is 6.58. The van der Waals surface area contributed by atoms with Crippen molar-refractivity contribution in [2.45, 2.75) is 58.2 Å². The van der Waals surface area contributed by atoms with Gasteiger partial charge >= 0.3 is 7.12 Å². The molecule has 1 aliphatic heterocycles. The third kappa shape index (κ3) is 2.97. The van der Waals surface area contributed by atoms with Crippen LogP contribution in [-0.4, -0.2) is 18.3 Å². The van der Waals surface area contributed by atoms with Crippen LogP contribution in [0.3, 0.4) is 0 Å². The van der Waals surface area contributed by atoms with Crippen molar-refractivity contribution in [2.75, 3.05) is 0 Å². The highest BCUT2D eigenvalue weighted by molar-refractivity contribution is 6.67. The zero-order valence-electron chi connectivity index (χ0n) is 20.9. The van der Waals surface area contributed by atoms with Crippen LogP contribution in [0.4, 0.5) is 0 Å². The fraction of sp³-hybridized carbons (Fsp3) is 0.290. The molecule has 0 saturated carbocycles. The summed E-state index contributed by atoms with van der Waals surface area (Å²) in [5.74, 6) is 0. The van der Waals surface area contributed by atoms with Gasteiger partial charge in [0.2, 0.25) is 0 Å². The second-order valence-corrected chi connectivity index (χ2v) is 11.3. The van der Waals surface area contributed by atoms with Crippen molar-refractivity contribution in [1.29, 1.82) is 0 Å². The quantitative estimate of drug-likeness (QED) is 0.306. The molecule has 170 valence electrons. The molecule has 0 bridgehead atoms. The Morgan fingerprint density at radius 2 is 1.21 bits per heavy atom. The lowest BCUT2D eigenvalue weighted by atomic mass is 9.71. The molecule has 4 aromatic rings. The molecule has 0 atom stereocenters. The normalized spacial score (nSPS) is 19.3. The number of hydrogen-bond donors (Lipinski definition) is 0. The Morgan fingerprint density at radius 3 is 1.97 bits per heavy atom. The summed E-state index contributed by atoms with van der Waals surface area (Å²) in [7, 11) is -0.426. The molecule has 0 radical (unpaired) electrons. The van der Waals surface area contributed by atoms with Gasteiger partial charge in [0, 0.05) is 5.41 Å². The minimum Gasteiger partial charge on any atom is -0.399 e. The van der Waals surface area contributed by atoms with Gasteiger partial charge in [-0.2, -0.15) is 0 Å². The van der Waals surface area contributed by atoms with Crippen molar-refractivity contribution in [2.24, 2.45) is 0 Å². The summed E-state index contributed by atoms with van der Waals surface area (Å²) >= 11 is 0. The van der Waals surface area contributed by atoms with Crippen LogP contribution in [-0.2, 0) is 14.7 Å². The molecule has 1 saturated heterocycles. The first-order chi connectivity index (χ1) is 16.1. The molecule has 2 aliphatic rings. The van der Waals surface area contributed by atoms with Crippen molar-refractivity contribution < 1.29 is 9.31 Å². The van der Waals surface area contributed by atoms with Crippen molar-refractivity contribution in [1.82, 2.24) is 0 Å². The Morgan fingerprint density at radius 1 is 0.588 bits per heavy atom. The summed E-state index contributed by atoms with van der Waals surface area (Å²) in [6.07, 6.45) is 0. The Bertz CT molecular complexity index is 1430. The third-order valence-corrected chi connectivity index (χ3v) is 8.35. The average molecular weight is 446 g/mol. The lowest BCUT2D eigenvalue weighted by Gasteiger charge is -2.32. The Hall–Kier alpha value is -2.88. The molecule has 0 aromatic heterocycles. The minimum atomic E-state index is -0.426. The zero-order valence-corrected chi connectivity index (χ0v) is 20.9. The summed E-state index contributed by atoms with van der Waals surface area (Å²) in [6.45, 7) is 13.1. The van der Waals surface area contributed by atoms with E-state index < -0.39 is 18.3 Å². The van der Waals surface area contributed by atoms with E-state index in [1.807, 2.05) is 0 Å². The van der Waals surface area contributed by atoms with Crippen molar-refractivity contribution in [3.05, 3.63) is 90.0 Å². The van der Waals surface area contributed by atoms with Crippen LogP contribution in [0.1, 0.15) is 52.7 Å². The summed E-state index contributed by atoms with van der Waals surface area (Å²) in [5, 5.41) is 2.38. The van der Waals surface area contributed by atoms with Crippen LogP contribution >= 0.6 is 0 Å². The molecule has 4 aromatic carbocycles. The van der Waals surface area contributed by atoms with Gasteiger partial charge < -0.3 is 9.31 Å². The minimum absolute atomic E-state index is 0.0384. The predicted molar refractivity (Wildman–Crippen MR) is 143 cm³/mol. The lowest BCUT2D eigenvalue weighted by Crippen LogP contribution is -2.41. The highest BCUT2D eigenvalue weighted by Crippen LogP contribution is 2.49. The van der Waals surface area contributed by atoms with Crippen LogP contribution in [0, 0.1) is 0 Å². The van der Waals surface area contributed by atoms with E-state index in [1.54, 1.807) is 0 Å². The molecule has 1 heterocycles. The SMILES string of the molecule is CC1(C)c2ccccc2-c2ccc(-c3ccc4ccccc4c3B3OC(C)(C)C(C)(C)O3)cc21. The van der Waals surface area contributed by atoms with E-state index in [9.17, 15) is 0 Å². The zero-order chi connectivity index (χ0) is 23.9. The van der Waals surface area contributed by atoms with Crippen LogP contribution < -0.4 is 5.46 Å². The smallest absolute Gasteiger partial charge is 0.399 e. The molecule has 34 heavy (non-hydrogen) atoms. The first-order valence-corrected chi connectivity index (χ1v) is 12.2. The van der Waals surface area contributed by atoms with Gasteiger partial charge in [0.25, 0.3) is 0 Å². The topological polar surface area (TPSA) is 18.5 Å². The number of rotatable bonds is 2. The number of benzene rings is 4. The second kappa shape index (κ2) is 7.07. The van der Waals surface area contributed by atoms with Gasteiger partial charge in [0.15, 0.2) is 0 Å². The van der Waals surface area contributed by atoms with Crippen LogP contribution in [0.15, 0.2) is 78.9 Å². The maximum Gasteiger partial charge on any atom is 0.496 e. The molecular weight excluding hydrogens is 415 g/mol. The van der Waals surface area contributed by atoms with Crippen LogP contribution in [0.5, 0.6) is 0 Å². The molecule has 1 aliphatic carbocycles. The van der Waals surface area contributed by atoms with Gasteiger partial charge in [-0.1, -0.05) is 86.6 Å². The fourth-order valence-corrected chi connectivity index (χ4v) is 5.63. The standard InChI is InChI=1S/C31H31BO2/c1-29(2)26-14-10-9-13-24(26)25-18-16-21(19-27(25)29)23-17-15-20-11-7-8-12-22(20)28(23)32-33-30(3,4)31(5,6)34-32/h7-19H,1-6H3. The van der Waals surface area contributed by atoms with Gasteiger partial charge in [0.05, 0.1) is 11.2 Å². The molecule has 0 amide bonds. The second-order valence-electron chi connectivity index (χ2n) is 11.3. The summed E-state index contributed by atoms with van der Waals surface area (Å²) in [5.41, 5.74) is 8.11. The highest BCUT2D eigenvalue weighted by atomic mass is 16.7. The fourth-order valence-electron chi connectivity index (χ4n) is 5.63. The maximum atomic E-state index is 6.58. The predicted octanol–water partition coefficient (Wildman–Crippen LogP) is 7.11. The van der Waals surface area contributed by atoms with Crippen molar-refractivity contribution in [3.8, 4) is 22.3 Å². The Labute approximate surface area is 203 Å². The lowest BCUT2D eigenvalue weighted by molar-refractivity contribution is 0.00578. The van der Waals surface area contributed by atoms with Crippen LogP contribution in [0.25, 0.3) is 33.0 Å². The monoisotopic (exact) mass is 446 g/mol. The van der Waals surface area contributed by atoms with Gasteiger partial charge in [0.1, 0.15) is 0 Å². The average Bonchev–Trinajstić information content (AvgIpc) is 3.17. The summed E-state index contributed by atoms with van der Waals surface area (Å²) in [6, 6.07) is 28.7. The molecule has 3 heteroatoms. The first-order valence-electron chi connectivity index (χ1n) is 12.2. The van der Waals surface area contributed by atoms with E-state index in [0.717, 1.165) is 5.46 Å². The van der Waals surface area contributed by atoms with Crippen LogP contribution in [0.2, 0.25) is 0 Å². The molecule has 0 N–H and O–H groups in total. The Kier molecular flexibility index (Phi) is 4.50. The van der Waals surface area contributed by atoms with Gasteiger partial charge in [-0.05, 0) is 83.4 Å². The van der Waals surface area contributed by atoms with Crippen molar-refractivity contribution >= 4 is 23.4 Å². The Balaban J connectivity index is 1.56. The first kappa shape index (κ1) is 21.6. The van der Waals surface area contributed by atoms with E-state index in [0.29, 0.717) is 0 Å². The molecule has 0 spiro atoms. The van der Waals surface area contributed by atoms with E-state index in [2.05, 4.69) is 120 Å². The summed E-state index contributed by atoms with van der Waals surface area (Å²) < 4.78 is 13.2. The van der Waals surface area contributed by atoms with Gasteiger partial charge in [-0.25, -0.2) is 0 Å². The van der Waals surface area contributed by atoms with Crippen molar-refractivity contribution in [3.63, 3.8) is 0 Å². The van der Waals surface area contributed by atoms with E-state index >= 15 is 0 Å². The van der Waals surface area contributed by atoms with E-state index in [4.69, 9.17) is 9.31 Å². The van der Waals surface area contributed by atoms with Gasteiger partial charge in [-0.15, -0.1) is 0 Å². The molecule has 1 fully saturated rings. The molecule has 0 unspecified atom stereocenters. The van der Waals surface area contributed by atoms with E-state index in [-0.39, 0.29) is 5.41 Å².